The van der Waals surface area contributed by atoms with Crippen molar-refractivity contribution in [2.75, 3.05) is 11.9 Å². The van der Waals surface area contributed by atoms with Crippen molar-refractivity contribution in [2.24, 2.45) is 5.73 Å². The molecule has 31 heavy (non-hydrogen) atoms. The van der Waals surface area contributed by atoms with E-state index in [9.17, 15) is 22.4 Å². The van der Waals surface area contributed by atoms with Gasteiger partial charge < -0.3 is 16.0 Å². The number of rotatable bonds is 3. The van der Waals surface area contributed by atoms with E-state index in [-0.39, 0.29) is 16.8 Å². The van der Waals surface area contributed by atoms with E-state index in [1.807, 2.05) is 6.92 Å². The summed E-state index contributed by atoms with van der Waals surface area (Å²) in [6.45, 7) is 5.53. The number of aromatic nitrogens is 2. The summed E-state index contributed by atoms with van der Waals surface area (Å²) in [6, 6.07) is 3.67. The lowest BCUT2D eigenvalue weighted by Crippen LogP contribution is -2.42. The number of hydrogen-bond donors (Lipinski definition) is 2. The van der Waals surface area contributed by atoms with Gasteiger partial charge in [-0.2, -0.15) is 13.2 Å². The van der Waals surface area contributed by atoms with Crippen molar-refractivity contribution in [3.05, 3.63) is 63.5 Å². The number of nitrogens with one attached hydrogen (secondary N) is 1. The normalized spacial score (nSPS) is 16.5. The van der Waals surface area contributed by atoms with Crippen LogP contribution in [0.25, 0.3) is 0 Å². The fourth-order valence-electron chi connectivity index (χ4n) is 2.80. The summed E-state index contributed by atoms with van der Waals surface area (Å²) in [4.78, 5) is 20.3. The first kappa shape index (κ1) is 24.4. The van der Waals surface area contributed by atoms with Gasteiger partial charge in [-0.25, -0.2) is 14.4 Å². The minimum Gasteiger partial charge on any atom is -0.399 e. The zero-order valence-corrected chi connectivity index (χ0v) is 17.9. The number of carbonyl (C=O) groups is 1. The summed E-state index contributed by atoms with van der Waals surface area (Å²) in [7, 11) is 0. The molecule has 1 atom stereocenters. The van der Waals surface area contributed by atoms with Crippen molar-refractivity contribution in [3.8, 4) is 0 Å². The molecule has 3 rings (SSSR count). The van der Waals surface area contributed by atoms with Crippen LogP contribution >= 0.6 is 11.6 Å². The van der Waals surface area contributed by atoms with Crippen LogP contribution in [-0.2, 0) is 11.0 Å². The van der Waals surface area contributed by atoms with Crippen molar-refractivity contribution in [1.29, 1.82) is 0 Å². The Bertz CT molecular complexity index is 981. The molecule has 0 aliphatic carbocycles. The molecule has 0 saturated heterocycles. The van der Waals surface area contributed by atoms with Crippen molar-refractivity contribution in [3.63, 3.8) is 0 Å². The molecule has 1 aliphatic heterocycles. The standard InChI is InChI=1S/C12H16FN5O.C8H6ClF3/c1-7-9(13)5-15-12(16-7)17-10-3-4-18(6-19)8(2)11(10)14;1-5-3-2-4-6(7(5)9)8(10,11)12/h5-6,8H,3-4,14H2,1-2H3,(H,15,16,17);2-4H,1H3. The zero-order valence-electron chi connectivity index (χ0n) is 17.1. The maximum Gasteiger partial charge on any atom is 0.417 e. The molecule has 168 valence electrons. The van der Waals surface area contributed by atoms with Gasteiger partial charge in [0.25, 0.3) is 0 Å². The van der Waals surface area contributed by atoms with Crippen LogP contribution in [0.4, 0.5) is 23.5 Å². The first-order valence-electron chi connectivity index (χ1n) is 9.23. The van der Waals surface area contributed by atoms with Crippen LogP contribution in [0.2, 0.25) is 5.02 Å². The summed E-state index contributed by atoms with van der Waals surface area (Å²) in [5.74, 6) is -0.139. The molecule has 1 aliphatic rings. The van der Waals surface area contributed by atoms with Crippen molar-refractivity contribution in [2.45, 2.75) is 39.4 Å². The molecule has 0 fully saturated rings. The predicted octanol–water partition coefficient (Wildman–Crippen LogP) is 4.42. The number of amides is 1. The molecular weight excluding hydrogens is 438 g/mol. The quantitative estimate of drug-likeness (QED) is 0.524. The van der Waals surface area contributed by atoms with E-state index in [2.05, 4.69) is 15.3 Å². The molecule has 0 radical (unpaired) electrons. The molecule has 0 saturated carbocycles. The van der Waals surface area contributed by atoms with E-state index in [1.165, 1.54) is 19.1 Å². The third-order valence-electron chi connectivity index (χ3n) is 4.73. The number of nitrogens with zero attached hydrogens (tertiary/aromatic N) is 3. The van der Waals surface area contributed by atoms with Crippen molar-refractivity contribution in [1.82, 2.24) is 14.9 Å². The summed E-state index contributed by atoms with van der Waals surface area (Å²) < 4.78 is 49.5. The van der Waals surface area contributed by atoms with Crippen LogP contribution < -0.4 is 11.1 Å². The fourth-order valence-corrected chi connectivity index (χ4v) is 3.04. The van der Waals surface area contributed by atoms with Crippen LogP contribution in [0.15, 0.2) is 35.8 Å². The first-order chi connectivity index (χ1) is 14.5. The van der Waals surface area contributed by atoms with Gasteiger partial charge in [0.05, 0.1) is 34.2 Å². The molecule has 11 heteroatoms. The van der Waals surface area contributed by atoms with Crippen LogP contribution in [-0.4, -0.2) is 33.9 Å². The van der Waals surface area contributed by atoms with Crippen LogP contribution in [0, 0.1) is 19.7 Å². The molecule has 1 aromatic heterocycles. The zero-order chi connectivity index (χ0) is 23.3. The average molecular weight is 460 g/mol. The monoisotopic (exact) mass is 459 g/mol. The van der Waals surface area contributed by atoms with E-state index in [0.29, 0.717) is 30.2 Å². The SMILES string of the molecule is Cc1cccc(C(F)(F)F)c1Cl.Cc1nc(NC2=C(N)C(C)N(C=O)CC2)ncc1F. The van der Waals surface area contributed by atoms with Crippen LogP contribution in [0.5, 0.6) is 0 Å². The summed E-state index contributed by atoms with van der Waals surface area (Å²) in [5, 5.41) is 2.78. The lowest BCUT2D eigenvalue weighted by molar-refractivity contribution is -0.137. The number of benzene rings is 1. The van der Waals surface area contributed by atoms with Crippen LogP contribution in [0.1, 0.15) is 30.2 Å². The molecule has 1 unspecified atom stereocenters. The van der Waals surface area contributed by atoms with Gasteiger partial charge in [-0.05, 0) is 32.4 Å². The van der Waals surface area contributed by atoms with Gasteiger partial charge in [-0.15, -0.1) is 0 Å². The summed E-state index contributed by atoms with van der Waals surface area (Å²) in [6.07, 6.45) is -1.87. The Morgan fingerprint density at radius 2 is 2.00 bits per heavy atom. The van der Waals surface area contributed by atoms with Gasteiger partial charge in [0.1, 0.15) is 0 Å². The molecule has 3 N–H and O–H groups in total. The number of nitrogens with two attached hydrogens (primary N) is 1. The Morgan fingerprint density at radius 1 is 1.32 bits per heavy atom. The number of anilines is 1. The molecular formula is C20H22ClF4N5O. The van der Waals surface area contributed by atoms with Gasteiger partial charge in [-0.1, -0.05) is 23.7 Å². The first-order valence-corrected chi connectivity index (χ1v) is 9.61. The lowest BCUT2D eigenvalue weighted by Gasteiger charge is -2.32. The number of aryl methyl sites for hydroxylation is 2. The largest absolute Gasteiger partial charge is 0.417 e. The lowest BCUT2D eigenvalue weighted by atomic mass is 10.1. The predicted molar refractivity (Wildman–Crippen MR) is 110 cm³/mol. The topological polar surface area (TPSA) is 84.1 Å². The molecule has 1 amide bonds. The number of halogens is 5. The van der Waals surface area contributed by atoms with Gasteiger partial charge in [-0.3, -0.25) is 4.79 Å². The Hall–Kier alpha value is -2.88. The molecule has 2 aromatic rings. The highest BCUT2D eigenvalue weighted by molar-refractivity contribution is 6.32. The van der Waals surface area contributed by atoms with E-state index in [1.54, 1.807) is 11.8 Å². The number of carbonyl (C=O) groups excluding carboxylic acids is 1. The number of hydrogen-bond acceptors (Lipinski definition) is 5. The average Bonchev–Trinajstić information content (AvgIpc) is 2.70. The molecule has 0 bridgehead atoms. The Kier molecular flexibility index (Phi) is 7.83. The third-order valence-corrected chi connectivity index (χ3v) is 5.23. The smallest absolute Gasteiger partial charge is 0.399 e. The third kappa shape index (κ3) is 6.06. The summed E-state index contributed by atoms with van der Waals surface area (Å²) in [5.41, 5.74) is 7.27. The minimum absolute atomic E-state index is 0.171. The second-order valence-electron chi connectivity index (χ2n) is 6.89. The highest BCUT2D eigenvalue weighted by Crippen LogP contribution is 2.35. The van der Waals surface area contributed by atoms with Gasteiger partial charge >= 0.3 is 6.18 Å². The van der Waals surface area contributed by atoms with Crippen molar-refractivity contribution >= 4 is 24.0 Å². The van der Waals surface area contributed by atoms with Gasteiger partial charge in [0.2, 0.25) is 12.4 Å². The maximum atomic E-state index is 13.1. The molecule has 6 nitrogen and oxygen atoms in total. The van der Waals surface area contributed by atoms with E-state index in [4.69, 9.17) is 17.3 Å². The van der Waals surface area contributed by atoms with Crippen molar-refractivity contribution < 1.29 is 22.4 Å². The highest BCUT2D eigenvalue weighted by Gasteiger charge is 2.33. The maximum absolute atomic E-state index is 13.1. The molecule has 0 spiro atoms. The van der Waals surface area contributed by atoms with Crippen LogP contribution in [0.3, 0.4) is 0 Å². The van der Waals surface area contributed by atoms with Gasteiger partial charge in [0.15, 0.2) is 5.82 Å². The second-order valence-corrected chi connectivity index (χ2v) is 7.27. The molecule has 1 aromatic carbocycles. The van der Waals surface area contributed by atoms with E-state index < -0.39 is 17.6 Å². The van der Waals surface area contributed by atoms with E-state index >= 15 is 0 Å². The number of alkyl halides is 3. The Balaban J connectivity index is 0.000000245. The van der Waals surface area contributed by atoms with Gasteiger partial charge in [0, 0.05) is 18.7 Å². The summed E-state index contributed by atoms with van der Waals surface area (Å²) >= 11 is 5.46. The second kappa shape index (κ2) is 9.95. The molecule has 2 heterocycles. The van der Waals surface area contributed by atoms with E-state index in [0.717, 1.165) is 24.4 Å². The highest BCUT2D eigenvalue weighted by atomic mass is 35.5. The Morgan fingerprint density at radius 3 is 2.55 bits per heavy atom. The fraction of sp³-hybridized carbons (Fsp3) is 0.350. The Labute approximate surface area is 182 Å². The minimum atomic E-state index is -4.36.